The molecule has 0 radical (unpaired) electrons. The van der Waals surface area contributed by atoms with Gasteiger partial charge in [0.25, 0.3) is 0 Å². The summed E-state index contributed by atoms with van der Waals surface area (Å²) in [5, 5.41) is 4.57. The number of nitrogens with one attached hydrogen (secondary N) is 1. The number of thioether (sulfide) groups is 1. The summed E-state index contributed by atoms with van der Waals surface area (Å²) in [5.74, 6) is 0.437. The Bertz CT molecular complexity index is 912. The van der Waals surface area contributed by atoms with Gasteiger partial charge in [-0.3, -0.25) is 4.79 Å². The van der Waals surface area contributed by atoms with Gasteiger partial charge in [-0.15, -0.1) is 11.3 Å². The molecule has 0 fully saturated rings. The number of rotatable bonds is 7. The molecule has 140 valence electrons. The van der Waals surface area contributed by atoms with Gasteiger partial charge in [0.05, 0.1) is 18.1 Å². The number of benzene rings is 2. The normalized spacial score (nSPS) is 11.8. The molecule has 3 rings (SSSR count). The summed E-state index contributed by atoms with van der Waals surface area (Å²) in [4.78, 5) is 16.9. The fourth-order valence-electron chi connectivity index (χ4n) is 2.38. The zero-order valence-corrected chi connectivity index (χ0v) is 16.6. The van der Waals surface area contributed by atoms with E-state index in [9.17, 15) is 9.18 Å². The van der Waals surface area contributed by atoms with Crippen molar-refractivity contribution in [3.8, 4) is 17.0 Å². The molecule has 7 heteroatoms. The Labute approximate surface area is 165 Å². The van der Waals surface area contributed by atoms with E-state index in [0.717, 1.165) is 26.9 Å². The SMILES string of the molecule is COc1cccc(CNC(=O)C(C)Sc2nc(-c3ccc(F)cc3)cs2)c1. The third-order valence-corrected chi connectivity index (χ3v) is 5.94. The van der Waals surface area contributed by atoms with E-state index >= 15 is 0 Å². The number of aromatic nitrogens is 1. The van der Waals surface area contributed by atoms with Crippen molar-refractivity contribution in [1.29, 1.82) is 0 Å². The number of carbonyl (C=O) groups is 1. The van der Waals surface area contributed by atoms with Crippen LogP contribution < -0.4 is 10.1 Å². The van der Waals surface area contributed by atoms with Gasteiger partial charge in [0, 0.05) is 17.5 Å². The van der Waals surface area contributed by atoms with Crippen LogP contribution in [0, 0.1) is 5.82 Å². The van der Waals surface area contributed by atoms with E-state index in [1.165, 1.54) is 35.2 Å². The first-order valence-electron chi connectivity index (χ1n) is 8.34. The highest BCUT2D eigenvalue weighted by atomic mass is 32.2. The molecular weight excluding hydrogens is 383 g/mol. The van der Waals surface area contributed by atoms with Crippen molar-refractivity contribution in [3.05, 3.63) is 65.3 Å². The summed E-state index contributed by atoms with van der Waals surface area (Å²) in [6.07, 6.45) is 0. The van der Waals surface area contributed by atoms with Gasteiger partial charge < -0.3 is 10.1 Å². The van der Waals surface area contributed by atoms with Crippen LogP contribution in [-0.4, -0.2) is 23.3 Å². The highest BCUT2D eigenvalue weighted by Crippen LogP contribution is 2.31. The maximum atomic E-state index is 13.0. The molecule has 0 bridgehead atoms. The second-order valence-electron chi connectivity index (χ2n) is 5.83. The lowest BCUT2D eigenvalue weighted by Gasteiger charge is -2.11. The lowest BCUT2D eigenvalue weighted by molar-refractivity contribution is -0.120. The van der Waals surface area contributed by atoms with Crippen LogP contribution in [0.4, 0.5) is 4.39 Å². The van der Waals surface area contributed by atoms with Gasteiger partial charge in [-0.25, -0.2) is 9.37 Å². The molecule has 1 aromatic heterocycles. The second-order valence-corrected chi connectivity index (χ2v) is 8.28. The molecule has 1 N–H and O–H groups in total. The third-order valence-electron chi connectivity index (χ3n) is 3.87. The zero-order valence-electron chi connectivity index (χ0n) is 14.9. The fourth-order valence-corrected chi connectivity index (χ4v) is 4.38. The number of hydrogen-bond acceptors (Lipinski definition) is 5. The van der Waals surface area contributed by atoms with Gasteiger partial charge in [-0.05, 0) is 48.9 Å². The van der Waals surface area contributed by atoms with E-state index in [0.29, 0.717) is 6.54 Å². The number of methoxy groups -OCH3 is 1. The van der Waals surface area contributed by atoms with Crippen molar-refractivity contribution in [2.75, 3.05) is 7.11 Å². The minimum Gasteiger partial charge on any atom is -0.497 e. The van der Waals surface area contributed by atoms with Crippen LogP contribution in [-0.2, 0) is 11.3 Å². The van der Waals surface area contributed by atoms with Gasteiger partial charge in [-0.1, -0.05) is 23.9 Å². The summed E-state index contributed by atoms with van der Waals surface area (Å²) in [7, 11) is 1.62. The number of amides is 1. The molecule has 0 aliphatic rings. The Morgan fingerprint density at radius 1 is 1.30 bits per heavy atom. The number of thiazole rings is 1. The van der Waals surface area contributed by atoms with Crippen LogP contribution in [0.3, 0.4) is 0 Å². The Hall–Kier alpha value is -2.38. The van der Waals surface area contributed by atoms with Crippen molar-refractivity contribution in [3.63, 3.8) is 0 Å². The van der Waals surface area contributed by atoms with E-state index in [-0.39, 0.29) is 17.0 Å². The van der Waals surface area contributed by atoms with E-state index in [2.05, 4.69) is 10.3 Å². The standard InChI is InChI=1S/C20H19FN2O2S2/c1-13(19(24)22-11-14-4-3-5-17(10-14)25-2)27-20-23-18(12-26-20)15-6-8-16(21)9-7-15/h3-10,12-13H,11H2,1-2H3,(H,22,24). The smallest absolute Gasteiger partial charge is 0.233 e. The summed E-state index contributed by atoms with van der Waals surface area (Å²) >= 11 is 2.89. The minimum absolute atomic E-state index is 0.0543. The lowest BCUT2D eigenvalue weighted by atomic mass is 10.2. The molecule has 1 heterocycles. The van der Waals surface area contributed by atoms with Crippen molar-refractivity contribution < 1.29 is 13.9 Å². The van der Waals surface area contributed by atoms with E-state index < -0.39 is 0 Å². The zero-order chi connectivity index (χ0) is 19.2. The summed E-state index contributed by atoms with van der Waals surface area (Å²) in [5.41, 5.74) is 2.62. The quantitative estimate of drug-likeness (QED) is 0.579. The van der Waals surface area contributed by atoms with Gasteiger partial charge >= 0.3 is 0 Å². The summed E-state index contributed by atoms with van der Waals surface area (Å²) in [6, 6.07) is 13.8. The molecule has 0 aliphatic carbocycles. The van der Waals surface area contributed by atoms with Crippen LogP contribution in [0.5, 0.6) is 5.75 Å². The molecule has 0 saturated carbocycles. The summed E-state index contributed by atoms with van der Waals surface area (Å²) in [6.45, 7) is 2.30. The van der Waals surface area contributed by atoms with Gasteiger partial charge in [0.15, 0.2) is 4.34 Å². The van der Waals surface area contributed by atoms with Gasteiger partial charge in [0.2, 0.25) is 5.91 Å². The molecule has 2 aromatic carbocycles. The van der Waals surface area contributed by atoms with Crippen LogP contribution in [0.2, 0.25) is 0 Å². The first-order chi connectivity index (χ1) is 13.0. The highest BCUT2D eigenvalue weighted by molar-refractivity contribution is 8.02. The topological polar surface area (TPSA) is 51.2 Å². The monoisotopic (exact) mass is 402 g/mol. The maximum Gasteiger partial charge on any atom is 0.233 e. The van der Waals surface area contributed by atoms with Crippen LogP contribution in [0.1, 0.15) is 12.5 Å². The Balaban J connectivity index is 1.55. The van der Waals surface area contributed by atoms with Crippen LogP contribution in [0.25, 0.3) is 11.3 Å². The number of hydrogen-bond donors (Lipinski definition) is 1. The first-order valence-corrected chi connectivity index (χ1v) is 10.1. The van der Waals surface area contributed by atoms with Crippen LogP contribution >= 0.6 is 23.1 Å². The second kappa shape index (κ2) is 9.01. The van der Waals surface area contributed by atoms with E-state index in [1.807, 2.05) is 36.6 Å². The van der Waals surface area contributed by atoms with Crippen molar-refractivity contribution >= 4 is 29.0 Å². The fraction of sp³-hybridized carbons (Fsp3) is 0.200. The lowest BCUT2D eigenvalue weighted by Crippen LogP contribution is -2.30. The molecular formula is C20H19FN2O2S2. The van der Waals surface area contributed by atoms with Crippen molar-refractivity contribution in [2.45, 2.75) is 23.1 Å². The van der Waals surface area contributed by atoms with Crippen molar-refractivity contribution in [1.82, 2.24) is 10.3 Å². The Morgan fingerprint density at radius 3 is 2.81 bits per heavy atom. The molecule has 0 spiro atoms. The molecule has 0 saturated heterocycles. The number of carbonyl (C=O) groups excluding carboxylic acids is 1. The Morgan fingerprint density at radius 2 is 2.07 bits per heavy atom. The number of halogens is 1. The van der Waals surface area contributed by atoms with Crippen molar-refractivity contribution in [2.24, 2.45) is 0 Å². The van der Waals surface area contributed by atoms with E-state index in [1.54, 1.807) is 19.2 Å². The molecule has 3 aromatic rings. The predicted octanol–water partition coefficient (Wildman–Crippen LogP) is 4.75. The number of nitrogens with zero attached hydrogens (tertiary/aromatic N) is 1. The molecule has 0 aliphatic heterocycles. The average molecular weight is 403 g/mol. The molecule has 1 atom stereocenters. The number of ether oxygens (including phenoxy) is 1. The minimum atomic E-state index is -0.275. The molecule has 1 unspecified atom stereocenters. The third kappa shape index (κ3) is 5.30. The molecule has 1 amide bonds. The average Bonchev–Trinajstić information content (AvgIpc) is 3.15. The predicted molar refractivity (Wildman–Crippen MR) is 108 cm³/mol. The summed E-state index contributed by atoms with van der Waals surface area (Å²) < 4.78 is 19.0. The van der Waals surface area contributed by atoms with Crippen LogP contribution in [0.15, 0.2) is 58.3 Å². The largest absolute Gasteiger partial charge is 0.497 e. The maximum absolute atomic E-state index is 13.0. The van der Waals surface area contributed by atoms with Gasteiger partial charge in [0.1, 0.15) is 11.6 Å². The Kier molecular flexibility index (Phi) is 6.47. The van der Waals surface area contributed by atoms with Gasteiger partial charge in [-0.2, -0.15) is 0 Å². The highest BCUT2D eigenvalue weighted by Gasteiger charge is 2.16. The molecule has 27 heavy (non-hydrogen) atoms. The van der Waals surface area contributed by atoms with E-state index in [4.69, 9.17) is 4.74 Å². The molecule has 4 nitrogen and oxygen atoms in total. The first kappa shape index (κ1) is 19.4.